The van der Waals surface area contributed by atoms with Crippen LogP contribution in [0, 0.1) is 10.1 Å². The summed E-state index contributed by atoms with van der Waals surface area (Å²) in [4.78, 5) is 22.0. The number of nitro groups is 1. The molecule has 0 aromatic heterocycles. The second-order valence-electron chi connectivity index (χ2n) is 5.42. The highest BCUT2D eigenvalue weighted by atomic mass is 16.6. The van der Waals surface area contributed by atoms with Gasteiger partial charge in [-0.25, -0.2) is 0 Å². The van der Waals surface area contributed by atoms with Gasteiger partial charge in [0.15, 0.2) is 11.5 Å². The third kappa shape index (κ3) is 4.35. The van der Waals surface area contributed by atoms with Gasteiger partial charge in [-0.1, -0.05) is 12.1 Å². The average molecular weight is 340 g/mol. The van der Waals surface area contributed by atoms with Crippen molar-refractivity contribution in [2.45, 2.75) is 6.10 Å². The maximum Gasteiger partial charge on any atom is 0.269 e. The Morgan fingerprint density at radius 1 is 1.20 bits per heavy atom. The summed E-state index contributed by atoms with van der Waals surface area (Å²) in [5.74, 6) is 1.08. The van der Waals surface area contributed by atoms with Gasteiger partial charge in [0.2, 0.25) is 5.91 Å². The summed E-state index contributed by atoms with van der Waals surface area (Å²) in [6.07, 6.45) is 2.71. The monoisotopic (exact) mass is 340 g/mol. The van der Waals surface area contributed by atoms with Crippen LogP contribution >= 0.6 is 0 Å². The number of benzene rings is 2. The minimum Gasteiger partial charge on any atom is -0.486 e. The SMILES string of the molecule is O=C(/C=C/c1ccc([N+](=O)[O-])cc1)NCC1COc2ccccc2O1. The van der Waals surface area contributed by atoms with Crippen LogP contribution in [0.3, 0.4) is 0 Å². The van der Waals surface area contributed by atoms with Crippen LogP contribution in [0.4, 0.5) is 5.69 Å². The molecule has 2 aromatic rings. The van der Waals surface area contributed by atoms with Gasteiger partial charge in [0.05, 0.1) is 11.5 Å². The molecule has 3 rings (SSSR count). The first kappa shape index (κ1) is 16.5. The number of hydrogen-bond acceptors (Lipinski definition) is 5. The van der Waals surface area contributed by atoms with Gasteiger partial charge >= 0.3 is 0 Å². The molecule has 1 aliphatic heterocycles. The molecule has 1 heterocycles. The molecule has 0 bridgehead atoms. The van der Waals surface area contributed by atoms with Crippen molar-refractivity contribution in [2.24, 2.45) is 0 Å². The minimum atomic E-state index is -0.468. The molecule has 7 nitrogen and oxygen atoms in total. The highest BCUT2D eigenvalue weighted by Crippen LogP contribution is 2.30. The summed E-state index contributed by atoms with van der Waals surface area (Å²) in [6, 6.07) is 13.3. The van der Waals surface area contributed by atoms with E-state index in [1.807, 2.05) is 24.3 Å². The van der Waals surface area contributed by atoms with Crippen molar-refractivity contribution in [1.82, 2.24) is 5.32 Å². The van der Waals surface area contributed by atoms with Crippen LogP contribution in [0.2, 0.25) is 0 Å². The quantitative estimate of drug-likeness (QED) is 0.513. The third-order valence-electron chi connectivity index (χ3n) is 3.60. The topological polar surface area (TPSA) is 90.7 Å². The van der Waals surface area contributed by atoms with Gasteiger partial charge in [0, 0.05) is 18.2 Å². The lowest BCUT2D eigenvalue weighted by molar-refractivity contribution is -0.384. The standard InChI is InChI=1S/C18H16N2O5/c21-18(10-7-13-5-8-14(9-6-13)20(22)23)19-11-15-12-24-16-3-1-2-4-17(16)25-15/h1-10,15H,11-12H2,(H,19,21)/b10-7+. The molecule has 1 amide bonds. The second-order valence-corrected chi connectivity index (χ2v) is 5.42. The first-order valence-corrected chi connectivity index (χ1v) is 7.70. The molecule has 1 atom stereocenters. The van der Waals surface area contributed by atoms with Crippen molar-refractivity contribution in [1.29, 1.82) is 0 Å². The fourth-order valence-electron chi connectivity index (χ4n) is 2.32. The summed E-state index contributed by atoms with van der Waals surface area (Å²) in [7, 11) is 0. The number of carbonyl (C=O) groups is 1. The van der Waals surface area contributed by atoms with Crippen LogP contribution < -0.4 is 14.8 Å². The zero-order chi connectivity index (χ0) is 17.6. The Hall–Kier alpha value is -3.35. The molecule has 0 saturated heterocycles. The molecule has 0 aliphatic carbocycles. The summed E-state index contributed by atoms with van der Waals surface area (Å²) in [5.41, 5.74) is 0.711. The van der Waals surface area contributed by atoms with Crippen molar-refractivity contribution in [2.75, 3.05) is 13.2 Å². The van der Waals surface area contributed by atoms with Crippen molar-refractivity contribution >= 4 is 17.7 Å². The van der Waals surface area contributed by atoms with Gasteiger partial charge in [0.25, 0.3) is 5.69 Å². The molecule has 1 unspecified atom stereocenters. The Morgan fingerprint density at radius 2 is 1.92 bits per heavy atom. The lowest BCUT2D eigenvalue weighted by atomic mass is 10.2. The first-order valence-electron chi connectivity index (χ1n) is 7.70. The molecule has 7 heteroatoms. The van der Waals surface area contributed by atoms with E-state index >= 15 is 0 Å². The second kappa shape index (κ2) is 7.48. The van der Waals surface area contributed by atoms with Gasteiger partial charge in [-0.2, -0.15) is 0 Å². The van der Waals surface area contributed by atoms with E-state index in [2.05, 4.69) is 5.32 Å². The first-order chi connectivity index (χ1) is 12.1. The molecule has 128 valence electrons. The Morgan fingerprint density at radius 3 is 2.64 bits per heavy atom. The zero-order valence-corrected chi connectivity index (χ0v) is 13.3. The Labute approximate surface area is 144 Å². The number of ether oxygens (including phenoxy) is 2. The van der Waals surface area contributed by atoms with E-state index in [-0.39, 0.29) is 17.7 Å². The van der Waals surface area contributed by atoms with Gasteiger partial charge in [-0.3, -0.25) is 14.9 Å². The number of hydrogen-bond donors (Lipinski definition) is 1. The van der Waals surface area contributed by atoms with Crippen LogP contribution in [-0.2, 0) is 4.79 Å². The van der Waals surface area contributed by atoms with Gasteiger partial charge < -0.3 is 14.8 Å². The van der Waals surface area contributed by atoms with E-state index in [9.17, 15) is 14.9 Å². The molecule has 0 saturated carbocycles. The largest absolute Gasteiger partial charge is 0.486 e. The van der Waals surface area contributed by atoms with Crippen molar-refractivity contribution in [3.05, 3.63) is 70.3 Å². The summed E-state index contributed by atoms with van der Waals surface area (Å²) in [5, 5.41) is 13.3. The molecule has 1 N–H and O–H groups in total. The van der Waals surface area contributed by atoms with Crippen LogP contribution in [-0.4, -0.2) is 30.1 Å². The smallest absolute Gasteiger partial charge is 0.269 e. The summed E-state index contributed by atoms with van der Waals surface area (Å²) >= 11 is 0. The van der Waals surface area contributed by atoms with Crippen LogP contribution in [0.15, 0.2) is 54.6 Å². The lowest BCUT2D eigenvalue weighted by Crippen LogP contribution is -2.40. The molecule has 0 radical (unpaired) electrons. The van der Waals surface area contributed by atoms with E-state index in [1.165, 1.54) is 18.2 Å². The van der Waals surface area contributed by atoms with E-state index in [4.69, 9.17) is 9.47 Å². The Kier molecular flexibility index (Phi) is 4.94. The molecule has 2 aromatic carbocycles. The number of nitro benzene ring substituents is 1. The van der Waals surface area contributed by atoms with E-state index in [0.717, 1.165) is 0 Å². The Bertz CT molecular complexity index is 801. The fraction of sp³-hybridized carbons (Fsp3) is 0.167. The maximum atomic E-state index is 11.9. The molecule has 1 aliphatic rings. The predicted octanol–water partition coefficient (Wildman–Crippen LogP) is 2.56. The summed E-state index contributed by atoms with van der Waals surface area (Å²) < 4.78 is 11.3. The normalized spacial score (nSPS) is 15.8. The lowest BCUT2D eigenvalue weighted by Gasteiger charge is -2.26. The van der Waals surface area contributed by atoms with Crippen molar-refractivity contribution < 1.29 is 19.2 Å². The molecule has 0 fully saturated rings. The number of non-ortho nitro benzene ring substituents is 1. The number of nitrogens with one attached hydrogen (secondary N) is 1. The number of amides is 1. The number of fused-ring (bicyclic) bond motifs is 1. The van der Waals surface area contributed by atoms with Crippen LogP contribution in [0.1, 0.15) is 5.56 Å². The fourth-order valence-corrected chi connectivity index (χ4v) is 2.32. The van der Waals surface area contributed by atoms with Crippen LogP contribution in [0.5, 0.6) is 11.5 Å². The maximum absolute atomic E-state index is 11.9. The zero-order valence-electron chi connectivity index (χ0n) is 13.3. The van der Waals surface area contributed by atoms with Gasteiger partial charge in [-0.05, 0) is 35.9 Å². The number of para-hydroxylation sites is 2. The minimum absolute atomic E-state index is 0.0105. The van der Waals surface area contributed by atoms with Gasteiger partial charge in [-0.15, -0.1) is 0 Å². The predicted molar refractivity (Wildman–Crippen MR) is 91.5 cm³/mol. The van der Waals surface area contributed by atoms with Crippen molar-refractivity contribution in [3.8, 4) is 11.5 Å². The highest BCUT2D eigenvalue weighted by Gasteiger charge is 2.20. The van der Waals surface area contributed by atoms with E-state index in [1.54, 1.807) is 18.2 Å². The molecule has 25 heavy (non-hydrogen) atoms. The number of carbonyl (C=O) groups excluding carboxylic acids is 1. The number of rotatable bonds is 5. The Balaban J connectivity index is 1.49. The highest BCUT2D eigenvalue weighted by molar-refractivity contribution is 5.91. The van der Waals surface area contributed by atoms with E-state index in [0.29, 0.717) is 30.2 Å². The van der Waals surface area contributed by atoms with E-state index < -0.39 is 4.92 Å². The molecular formula is C18H16N2O5. The molecule has 0 spiro atoms. The van der Waals surface area contributed by atoms with Gasteiger partial charge in [0.1, 0.15) is 12.7 Å². The molecular weight excluding hydrogens is 324 g/mol. The summed E-state index contributed by atoms with van der Waals surface area (Å²) in [6.45, 7) is 0.682. The van der Waals surface area contributed by atoms with Crippen molar-refractivity contribution in [3.63, 3.8) is 0 Å². The number of nitrogens with zero attached hydrogens (tertiary/aromatic N) is 1. The average Bonchev–Trinajstić information content (AvgIpc) is 2.65. The third-order valence-corrected chi connectivity index (χ3v) is 3.60. The van der Waals surface area contributed by atoms with Crippen LogP contribution in [0.25, 0.3) is 6.08 Å².